The Morgan fingerprint density at radius 2 is 1.85 bits per heavy atom. The van der Waals surface area contributed by atoms with E-state index < -0.39 is 0 Å². The fourth-order valence-corrected chi connectivity index (χ4v) is 3.76. The van der Waals surface area contributed by atoms with Crippen molar-refractivity contribution in [1.29, 1.82) is 0 Å². The average molecular weight is 287 g/mol. The number of benzene rings is 1. The molecule has 0 saturated heterocycles. The van der Waals surface area contributed by atoms with E-state index in [9.17, 15) is 0 Å². The van der Waals surface area contributed by atoms with Crippen LogP contribution < -0.4 is 11.1 Å². The summed E-state index contributed by atoms with van der Waals surface area (Å²) in [4.78, 5) is 4.69. The Balaban J connectivity index is 1.78. The van der Waals surface area contributed by atoms with Crippen LogP contribution in [0.15, 0.2) is 24.3 Å². The normalized spacial score (nSPS) is 16.2. The van der Waals surface area contributed by atoms with Gasteiger partial charge in [0.15, 0.2) is 0 Å². The summed E-state index contributed by atoms with van der Waals surface area (Å²) in [6.07, 6.45) is 6.65. The van der Waals surface area contributed by atoms with Crippen molar-refractivity contribution in [1.82, 2.24) is 4.98 Å². The van der Waals surface area contributed by atoms with Crippen molar-refractivity contribution in [3.63, 3.8) is 0 Å². The van der Waals surface area contributed by atoms with E-state index in [1.54, 1.807) is 11.3 Å². The van der Waals surface area contributed by atoms with Crippen LogP contribution in [0, 0.1) is 6.92 Å². The van der Waals surface area contributed by atoms with Crippen molar-refractivity contribution in [2.75, 3.05) is 11.1 Å². The number of anilines is 2. The number of nitrogens with zero attached hydrogens (tertiary/aromatic N) is 1. The van der Waals surface area contributed by atoms with Gasteiger partial charge in [0.2, 0.25) is 0 Å². The molecule has 0 amide bonds. The number of aryl methyl sites for hydroxylation is 1. The highest BCUT2D eigenvalue weighted by Gasteiger charge is 2.16. The Hall–Kier alpha value is -1.55. The van der Waals surface area contributed by atoms with E-state index in [4.69, 9.17) is 10.7 Å². The van der Waals surface area contributed by atoms with Gasteiger partial charge in [-0.25, -0.2) is 4.98 Å². The Labute approximate surface area is 124 Å². The Morgan fingerprint density at radius 1 is 1.15 bits per heavy atom. The molecule has 1 aromatic carbocycles. The second-order valence-electron chi connectivity index (χ2n) is 5.53. The minimum absolute atomic E-state index is 0.627. The summed E-state index contributed by atoms with van der Waals surface area (Å²) in [5.41, 5.74) is 8.77. The van der Waals surface area contributed by atoms with Gasteiger partial charge in [-0.2, -0.15) is 0 Å². The lowest BCUT2D eigenvalue weighted by Crippen LogP contribution is -2.21. The maximum absolute atomic E-state index is 5.73. The fraction of sp³-hybridized carbons (Fsp3) is 0.438. The molecule has 1 aromatic heterocycles. The zero-order valence-electron chi connectivity index (χ0n) is 11.9. The molecule has 0 unspecified atom stereocenters. The SMILES string of the molecule is Cc1nc(-c2ccc(N)cc2)sc1NC1CCCCC1. The van der Waals surface area contributed by atoms with E-state index >= 15 is 0 Å². The van der Waals surface area contributed by atoms with Gasteiger partial charge >= 0.3 is 0 Å². The summed E-state index contributed by atoms with van der Waals surface area (Å²) in [5.74, 6) is 0. The molecular weight excluding hydrogens is 266 g/mol. The van der Waals surface area contributed by atoms with E-state index in [0.29, 0.717) is 6.04 Å². The molecule has 1 aliphatic rings. The van der Waals surface area contributed by atoms with Crippen molar-refractivity contribution >= 4 is 22.0 Å². The van der Waals surface area contributed by atoms with Gasteiger partial charge < -0.3 is 11.1 Å². The van der Waals surface area contributed by atoms with Crippen LogP contribution in [0.2, 0.25) is 0 Å². The first-order valence-electron chi connectivity index (χ1n) is 7.32. The lowest BCUT2D eigenvalue weighted by atomic mass is 9.96. The number of rotatable bonds is 3. The van der Waals surface area contributed by atoms with E-state index in [0.717, 1.165) is 22.0 Å². The van der Waals surface area contributed by atoms with Crippen molar-refractivity contribution in [3.05, 3.63) is 30.0 Å². The first-order valence-corrected chi connectivity index (χ1v) is 8.14. The zero-order chi connectivity index (χ0) is 13.9. The van der Waals surface area contributed by atoms with Gasteiger partial charge in [-0.1, -0.05) is 30.6 Å². The monoisotopic (exact) mass is 287 g/mol. The molecular formula is C16H21N3S. The zero-order valence-corrected chi connectivity index (χ0v) is 12.7. The molecule has 1 saturated carbocycles. The van der Waals surface area contributed by atoms with Crippen LogP contribution in [-0.2, 0) is 0 Å². The molecule has 3 rings (SSSR count). The molecule has 1 heterocycles. The minimum Gasteiger partial charge on any atom is -0.399 e. The van der Waals surface area contributed by atoms with Crippen LogP contribution in [0.4, 0.5) is 10.7 Å². The van der Waals surface area contributed by atoms with Crippen molar-refractivity contribution in [2.45, 2.75) is 45.1 Å². The van der Waals surface area contributed by atoms with E-state index in [1.165, 1.54) is 37.1 Å². The molecule has 0 atom stereocenters. The lowest BCUT2D eigenvalue weighted by Gasteiger charge is -2.23. The molecule has 0 bridgehead atoms. The van der Waals surface area contributed by atoms with E-state index in [1.807, 2.05) is 24.3 Å². The van der Waals surface area contributed by atoms with Crippen LogP contribution in [0.3, 0.4) is 0 Å². The minimum atomic E-state index is 0.627. The van der Waals surface area contributed by atoms with Gasteiger partial charge in [0.05, 0.1) is 5.69 Å². The smallest absolute Gasteiger partial charge is 0.125 e. The van der Waals surface area contributed by atoms with E-state index in [2.05, 4.69) is 12.2 Å². The van der Waals surface area contributed by atoms with Crippen molar-refractivity contribution < 1.29 is 0 Å². The molecule has 106 valence electrons. The molecule has 0 spiro atoms. The highest BCUT2D eigenvalue weighted by Crippen LogP contribution is 2.33. The third-order valence-electron chi connectivity index (χ3n) is 3.89. The first kappa shape index (κ1) is 13.4. The second kappa shape index (κ2) is 5.83. The predicted octanol–water partition coefficient (Wildman–Crippen LogP) is 4.45. The Morgan fingerprint density at radius 3 is 2.55 bits per heavy atom. The highest BCUT2D eigenvalue weighted by molar-refractivity contribution is 7.19. The third kappa shape index (κ3) is 2.96. The first-order chi connectivity index (χ1) is 9.72. The molecule has 3 nitrogen and oxygen atoms in total. The fourth-order valence-electron chi connectivity index (χ4n) is 2.71. The molecule has 3 N–H and O–H groups in total. The third-order valence-corrected chi connectivity index (χ3v) is 5.03. The molecule has 0 aliphatic heterocycles. The van der Waals surface area contributed by atoms with Crippen LogP contribution in [0.1, 0.15) is 37.8 Å². The number of nitrogens with two attached hydrogens (primary N) is 1. The van der Waals surface area contributed by atoms with Crippen LogP contribution >= 0.6 is 11.3 Å². The number of hydrogen-bond donors (Lipinski definition) is 2. The highest BCUT2D eigenvalue weighted by atomic mass is 32.1. The maximum atomic E-state index is 5.73. The molecule has 20 heavy (non-hydrogen) atoms. The molecule has 4 heteroatoms. The Kier molecular flexibility index (Phi) is 3.92. The summed E-state index contributed by atoms with van der Waals surface area (Å²) in [6, 6.07) is 8.57. The van der Waals surface area contributed by atoms with Gasteiger partial charge in [-0.15, -0.1) is 0 Å². The summed E-state index contributed by atoms with van der Waals surface area (Å²) in [5, 5.41) is 5.98. The maximum Gasteiger partial charge on any atom is 0.125 e. The van der Waals surface area contributed by atoms with Crippen LogP contribution in [0.5, 0.6) is 0 Å². The van der Waals surface area contributed by atoms with Crippen LogP contribution in [0.25, 0.3) is 10.6 Å². The molecule has 1 fully saturated rings. The van der Waals surface area contributed by atoms with Gasteiger partial charge in [0, 0.05) is 17.3 Å². The van der Waals surface area contributed by atoms with Crippen LogP contribution in [-0.4, -0.2) is 11.0 Å². The summed E-state index contributed by atoms with van der Waals surface area (Å²) < 4.78 is 0. The predicted molar refractivity (Wildman–Crippen MR) is 87.2 cm³/mol. The number of nitrogen functional groups attached to an aromatic ring is 1. The number of aromatic nitrogens is 1. The summed E-state index contributed by atoms with van der Waals surface area (Å²) in [6.45, 7) is 2.09. The van der Waals surface area contributed by atoms with Gasteiger partial charge in [-0.3, -0.25) is 0 Å². The lowest BCUT2D eigenvalue weighted by molar-refractivity contribution is 0.463. The second-order valence-corrected chi connectivity index (χ2v) is 6.53. The van der Waals surface area contributed by atoms with E-state index in [-0.39, 0.29) is 0 Å². The largest absolute Gasteiger partial charge is 0.399 e. The number of hydrogen-bond acceptors (Lipinski definition) is 4. The van der Waals surface area contributed by atoms with Crippen molar-refractivity contribution in [2.24, 2.45) is 0 Å². The van der Waals surface area contributed by atoms with Gasteiger partial charge in [0.25, 0.3) is 0 Å². The Bertz CT molecular complexity index is 568. The van der Waals surface area contributed by atoms with Crippen molar-refractivity contribution in [3.8, 4) is 10.6 Å². The number of nitrogens with one attached hydrogen (secondary N) is 1. The molecule has 0 radical (unpaired) electrons. The average Bonchev–Trinajstić information content (AvgIpc) is 2.82. The number of thiazole rings is 1. The summed E-state index contributed by atoms with van der Waals surface area (Å²) in [7, 11) is 0. The molecule has 1 aliphatic carbocycles. The quantitative estimate of drug-likeness (QED) is 0.820. The van der Waals surface area contributed by atoms with Gasteiger partial charge in [-0.05, 0) is 44.0 Å². The topological polar surface area (TPSA) is 50.9 Å². The summed E-state index contributed by atoms with van der Waals surface area (Å²) >= 11 is 1.75. The standard InChI is InChI=1S/C16H21N3S/c1-11-15(19-14-5-3-2-4-6-14)20-16(18-11)12-7-9-13(17)10-8-12/h7-10,14,19H,2-6,17H2,1H3. The molecule has 2 aromatic rings. The van der Waals surface area contributed by atoms with Gasteiger partial charge in [0.1, 0.15) is 10.0 Å².